The summed E-state index contributed by atoms with van der Waals surface area (Å²) < 4.78 is 18.5. The van der Waals surface area contributed by atoms with Crippen LogP contribution in [0.25, 0.3) is 0 Å². The second-order valence-electron chi connectivity index (χ2n) is 15.2. The molecule has 1 rings (SSSR count). The fraction of sp³-hybridized carbons (Fsp3) is 0.879. The highest BCUT2D eigenvalue weighted by atomic mass is 28.4. The first kappa shape index (κ1) is 38.2. The Morgan fingerprint density at radius 3 is 2.07 bits per heavy atom. The number of Topliss-reactive ketones (excluding diaryl/α,β-unsaturated/α-hetero) is 1. The Hall–Kier alpha value is -0.806. The number of ether oxygens (including phenoxy) is 1. The summed E-state index contributed by atoms with van der Waals surface area (Å²) in [5.74, 6) is -0.775. The van der Waals surface area contributed by atoms with Crippen molar-refractivity contribution < 1.29 is 28.3 Å². The number of rotatable bonds is 17. The fourth-order valence-electron chi connectivity index (χ4n) is 4.99. The van der Waals surface area contributed by atoms with E-state index in [4.69, 9.17) is 13.6 Å². The molecule has 1 N–H and O–H groups in total. The summed E-state index contributed by atoms with van der Waals surface area (Å²) in [6.07, 6.45) is 11.3. The van der Waals surface area contributed by atoms with Crippen LogP contribution in [-0.2, 0) is 23.2 Å². The van der Waals surface area contributed by atoms with Crippen LogP contribution in [0.15, 0.2) is 12.2 Å². The quantitative estimate of drug-likeness (QED) is 0.0767. The highest BCUT2D eigenvalue weighted by Gasteiger charge is 2.49. The highest BCUT2D eigenvalue weighted by Crippen LogP contribution is 2.44. The van der Waals surface area contributed by atoms with E-state index in [1.54, 1.807) is 0 Å². The van der Waals surface area contributed by atoms with Crippen LogP contribution in [0.2, 0.25) is 36.3 Å². The minimum Gasteiger partial charge on any atom is -0.469 e. The summed E-state index contributed by atoms with van der Waals surface area (Å²) in [5.41, 5.74) is 0. The minimum atomic E-state index is -2.14. The first-order valence-corrected chi connectivity index (χ1v) is 21.9. The number of carbonyl (C=O) groups is 2. The van der Waals surface area contributed by atoms with E-state index in [2.05, 4.69) is 86.8 Å². The molecule has 1 aliphatic carbocycles. The molecule has 5 atom stereocenters. The Bertz CT molecular complexity index is 840. The smallest absolute Gasteiger partial charge is 0.305 e. The molecular formula is C33H64O6Si2. The van der Waals surface area contributed by atoms with E-state index in [1.807, 2.05) is 0 Å². The Morgan fingerprint density at radius 1 is 0.951 bits per heavy atom. The van der Waals surface area contributed by atoms with Crippen LogP contribution in [0.1, 0.15) is 113 Å². The summed E-state index contributed by atoms with van der Waals surface area (Å²) in [5, 5.41) is 11.5. The summed E-state index contributed by atoms with van der Waals surface area (Å²) in [6.45, 7) is 24.7. The summed E-state index contributed by atoms with van der Waals surface area (Å²) in [4.78, 5) is 24.9. The molecule has 0 aromatic heterocycles. The Morgan fingerprint density at radius 2 is 1.54 bits per heavy atom. The molecule has 0 heterocycles. The Kier molecular flexibility index (Phi) is 15.2. The van der Waals surface area contributed by atoms with Crippen molar-refractivity contribution in [1.29, 1.82) is 0 Å². The zero-order valence-corrected chi connectivity index (χ0v) is 30.6. The lowest BCUT2D eigenvalue weighted by Crippen LogP contribution is -2.45. The fourth-order valence-corrected chi connectivity index (χ4v) is 7.64. The van der Waals surface area contributed by atoms with Gasteiger partial charge in [0.25, 0.3) is 0 Å². The van der Waals surface area contributed by atoms with Crippen LogP contribution in [0, 0.1) is 11.8 Å². The van der Waals surface area contributed by atoms with Gasteiger partial charge in [-0.3, -0.25) is 9.59 Å². The van der Waals surface area contributed by atoms with Crippen molar-refractivity contribution in [2.24, 2.45) is 11.8 Å². The van der Waals surface area contributed by atoms with Crippen LogP contribution in [0.3, 0.4) is 0 Å². The normalized spacial score (nSPS) is 22.4. The Labute approximate surface area is 254 Å². The van der Waals surface area contributed by atoms with E-state index in [9.17, 15) is 14.7 Å². The number of unbranched alkanes of at least 4 members (excludes halogenated alkanes) is 4. The zero-order chi connectivity index (χ0) is 31.6. The topological polar surface area (TPSA) is 82.1 Å². The summed E-state index contributed by atoms with van der Waals surface area (Å²) in [7, 11) is -2.73. The van der Waals surface area contributed by atoms with Gasteiger partial charge in [0, 0.05) is 18.8 Å². The second kappa shape index (κ2) is 16.3. The van der Waals surface area contributed by atoms with E-state index < -0.39 is 28.7 Å². The molecule has 1 saturated carbocycles. The number of hydrogen-bond acceptors (Lipinski definition) is 6. The lowest BCUT2D eigenvalue weighted by Gasteiger charge is -2.40. The van der Waals surface area contributed by atoms with Gasteiger partial charge in [0.15, 0.2) is 16.6 Å². The van der Waals surface area contributed by atoms with Crippen molar-refractivity contribution in [2.75, 3.05) is 7.11 Å². The third-order valence-corrected chi connectivity index (χ3v) is 18.8. The van der Waals surface area contributed by atoms with E-state index in [-0.39, 0.29) is 40.0 Å². The van der Waals surface area contributed by atoms with Crippen molar-refractivity contribution in [1.82, 2.24) is 0 Å². The molecular weight excluding hydrogens is 549 g/mol. The number of methoxy groups -OCH3 is 1. The average Bonchev–Trinajstić information content (AvgIpc) is 3.14. The monoisotopic (exact) mass is 612 g/mol. The van der Waals surface area contributed by atoms with Gasteiger partial charge in [0.1, 0.15) is 5.78 Å². The summed E-state index contributed by atoms with van der Waals surface area (Å²) in [6, 6.07) is 0. The molecule has 0 amide bonds. The third-order valence-electron chi connectivity index (χ3n) is 9.79. The first-order valence-electron chi connectivity index (χ1n) is 16.1. The summed E-state index contributed by atoms with van der Waals surface area (Å²) >= 11 is 0. The van der Waals surface area contributed by atoms with Gasteiger partial charge in [0.05, 0.1) is 31.3 Å². The van der Waals surface area contributed by atoms with Crippen LogP contribution < -0.4 is 0 Å². The van der Waals surface area contributed by atoms with Crippen LogP contribution in [0.5, 0.6) is 0 Å². The molecule has 0 aromatic rings. The molecule has 8 heteroatoms. The largest absolute Gasteiger partial charge is 0.469 e. The van der Waals surface area contributed by atoms with E-state index in [0.29, 0.717) is 19.3 Å². The number of esters is 1. The van der Waals surface area contributed by atoms with E-state index in [1.165, 1.54) is 13.5 Å². The molecule has 0 aliphatic heterocycles. The number of aliphatic hydroxyl groups is 1. The molecule has 240 valence electrons. The number of carbonyl (C=O) groups excluding carboxylic acids is 2. The van der Waals surface area contributed by atoms with Crippen LogP contribution >= 0.6 is 0 Å². The maximum absolute atomic E-state index is 13.5. The maximum Gasteiger partial charge on any atom is 0.305 e. The van der Waals surface area contributed by atoms with Crippen molar-refractivity contribution in [3.63, 3.8) is 0 Å². The van der Waals surface area contributed by atoms with Crippen molar-refractivity contribution in [3.8, 4) is 0 Å². The predicted molar refractivity (Wildman–Crippen MR) is 175 cm³/mol. The third kappa shape index (κ3) is 12.0. The second-order valence-corrected chi connectivity index (χ2v) is 24.7. The van der Waals surface area contributed by atoms with Crippen LogP contribution in [0.4, 0.5) is 0 Å². The zero-order valence-electron chi connectivity index (χ0n) is 28.6. The molecule has 0 aromatic carbocycles. The standard InChI is InChI=1S/C33H64O6Si2/c1-13-14-16-19-25(38-40(9,10)32(2,3)4)22-23-26-29(39-41(11,12)33(5,6)7)24-28(35)31(26)27(34)20-17-15-18-21-30(36)37-8/h22-23,25-27,29,31,34H,13-21,24H2,1-12H3/t25-,26?,27?,29+,31?/m0/s1. The van der Waals surface area contributed by atoms with Gasteiger partial charge in [-0.2, -0.15) is 0 Å². The predicted octanol–water partition coefficient (Wildman–Crippen LogP) is 8.59. The molecule has 41 heavy (non-hydrogen) atoms. The van der Waals surface area contributed by atoms with E-state index >= 15 is 0 Å². The molecule has 1 fully saturated rings. The van der Waals surface area contributed by atoms with Crippen LogP contribution in [-0.4, -0.2) is 58.9 Å². The van der Waals surface area contributed by atoms with E-state index in [0.717, 1.165) is 38.5 Å². The van der Waals surface area contributed by atoms with Crippen molar-refractivity contribution in [2.45, 2.75) is 167 Å². The average molecular weight is 613 g/mol. The van der Waals surface area contributed by atoms with Gasteiger partial charge in [-0.15, -0.1) is 0 Å². The first-order chi connectivity index (χ1) is 18.8. The van der Waals surface area contributed by atoms with Gasteiger partial charge in [0.2, 0.25) is 0 Å². The molecule has 0 spiro atoms. The lowest BCUT2D eigenvalue weighted by atomic mass is 9.86. The molecule has 6 nitrogen and oxygen atoms in total. The number of aliphatic hydroxyl groups excluding tert-OH is 1. The maximum atomic E-state index is 13.5. The SMILES string of the molecule is CCCCC[C@@H](C=CC1C(C(O)CCCCCC(=O)OC)C(=O)C[C@H]1O[Si](C)(C)C(C)(C)C)O[Si](C)(C)C(C)(C)C. The molecule has 0 radical (unpaired) electrons. The van der Waals surface area contributed by atoms with Gasteiger partial charge in [-0.05, 0) is 55.5 Å². The van der Waals surface area contributed by atoms with Crippen molar-refractivity contribution >= 4 is 28.4 Å². The Balaban J connectivity index is 3.24. The van der Waals surface area contributed by atoms with Gasteiger partial charge in [-0.25, -0.2) is 0 Å². The van der Waals surface area contributed by atoms with Gasteiger partial charge < -0.3 is 18.7 Å². The van der Waals surface area contributed by atoms with Gasteiger partial charge >= 0.3 is 5.97 Å². The molecule has 0 bridgehead atoms. The molecule has 3 unspecified atom stereocenters. The molecule has 1 aliphatic rings. The highest BCUT2D eigenvalue weighted by molar-refractivity contribution is 6.74. The molecule has 0 saturated heterocycles. The van der Waals surface area contributed by atoms with Gasteiger partial charge in [-0.1, -0.05) is 92.7 Å². The lowest BCUT2D eigenvalue weighted by molar-refractivity contribution is -0.140. The minimum absolute atomic E-state index is 0.0113. The number of hydrogen-bond donors (Lipinski definition) is 1. The number of ketones is 1. The van der Waals surface area contributed by atoms with Crippen molar-refractivity contribution in [3.05, 3.63) is 12.2 Å².